The van der Waals surface area contributed by atoms with Crippen molar-refractivity contribution in [2.24, 2.45) is 12.1 Å². The summed E-state index contributed by atoms with van der Waals surface area (Å²) in [6, 6.07) is 7.29. The molecule has 2 amide bonds. The molecule has 13 heteroatoms. The number of alkyl halides is 3. The van der Waals surface area contributed by atoms with E-state index in [0.717, 1.165) is 23.5 Å². The van der Waals surface area contributed by atoms with E-state index in [0.29, 0.717) is 10.4 Å². The van der Waals surface area contributed by atoms with Crippen molar-refractivity contribution in [2.45, 2.75) is 13.1 Å². The summed E-state index contributed by atoms with van der Waals surface area (Å²) < 4.78 is 39.8. The number of thiophene rings is 1. The third kappa shape index (κ3) is 5.43. The number of nitrogens with zero attached hydrogens (tertiary/aromatic N) is 4. The van der Waals surface area contributed by atoms with Gasteiger partial charge in [0.05, 0.1) is 21.0 Å². The summed E-state index contributed by atoms with van der Waals surface area (Å²) in [7, 11) is 4.84. The van der Waals surface area contributed by atoms with Crippen LogP contribution in [0.1, 0.15) is 37.5 Å². The Hall–Kier alpha value is -3.71. The van der Waals surface area contributed by atoms with Gasteiger partial charge in [0.1, 0.15) is 5.69 Å². The molecule has 0 bridgehead atoms. The summed E-state index contributed by atoms with van der Waals surface area (Å²) in [6.45, 7) is 1.50. The molecular weight excluding hydrogens is 473 g/mol. The molecule has 0 spiro atoms. The lowest BCUT2D eigenvalue weighted by atomic mass is 10.1. The third-order valence-corrected chi connectivity index (χ3v) is 5.64. The first-order chi connectivity index (χ1) is 15.9. The molecular formula is C21H21F3N6O3S. The van der Waals surface area contributed by atoms with Crippen LogP contribution in [0.15, 0.2) is 41.5 Å². The van der Waals surface area contributed by atoms with Crippen LogP contribution in [0.3, 0.4) is 0 Å². The van der Waals surface area contributed by atoms with Crippen LogP contribution in [0.4, 0.5) is 13.2 Å². The molecule has 34 heavy (non-hydrogen) atoms. The van der Waals surface area contributed by atoms with Crippen LogP contribution in [-0.2, 0) is 13.2 Å². The first-order valence-corrected chi connectivity index (χ1v) is 10.6. The number of aromatic nitrogens is 2. The Morgan fingerprint density at radius 3 is 2.24 bits per heavy atom. The van der Waals surface area contributed by atoms with E-state index < -0.39 is 17.6 Å². The molecule has 0 saturated heterocycles. The van der Waals surface area contributed by atoms with Gasteiger partial charge in [-0.3, -0.25) is 19.7 Å². The van der Waals surface area contributed by atoms with Crippen LogP contribution >= 0.6 is 11.3 Å². The van der Waals surface area contributed by atoms with E-state index in [1.807, 2.05) is 0 Å². The zero-order valence-corrected chi connectivity index (χ0v) is 19.4. The number of halogens is 3. The number of carbonyl (C=O) groups excluding carboxylic acids is 2. The van der Waals surface area contributed by atoms with Gasteiger partial charge in [-0.15, -0.1) is 11.3 Å². The van der Waals surface area contributed by atoms with Gasteiger partial charge >= 0.3 is 6.18 Å². The fourth-order valence-electron chi connectivity index (χ4n) is 2.98. The summed E-state index contributed by atoms with van der Waals surface area (Å²) in [5, 5.41) is 20.2. The number of carbonyl (C=O) groups is 2. The Morgan fingerprint density at radius 2 is 1.68 bits per heavy atom. The number of aromatic hydroxyl groups is 1. The highest BCUT2D eigenvalue weighted by atomic mass is 32.1. The van der Waals surface area contributed by atoms with Crippen LogP contribution in [0, 0.1) is 0 Å². The van der Waals surface area contributed by atoms with Gasteiger partial charge in [-0.2, -0.15) is 23.4 Å². The lowest BCUT2D eigenvalue weighted by molar-refractivity contribution is -0.137. The lowest BCUT2D eigenvalue weighted by Gasteiger charge is -2.09. The summed E-state index contributed by atoms with van der Waals surface area (Å²) in [4.78, 5) is 25.0. The monoisotopic (exact) mass is 494 g/mol. The van der Waals surface area contributed by atoms with Gasteiger partial charge in [0.2, 0.25) is 0 Å². The number of hydrazine groups is 1. The summed E-state index contributed by atoms with van der Waals surface area (Å²) in [5.41, 5.74) is 4.84. The van der Waals surface area contributed by atoms with E-state index in [9.17, 15) is 27.9 Å². The maximum Gasteiger partial charge on any atom is 0.416 e. The minimum Gasteiger partial charge on any atom is -0.504 e. The highest BCUT2D eigenvalue weighted by Crippen LogP contribution is 2.35. The second kappa shape index (κ2) is 9.65. The van der Waals surface area contributed by atoms with Crippen molar-refractivity contribution < 1.29 is 27.9 Å². The van der Waals surface area contributed by atoms with E-state index in [1.165, 1.54) is 47.9 Å². The number of hydrogen-bond donors (Lipinski definition) is 3. The second-order valence-corrected chi connectivity index (χ2v) is 8.47. The molecule has 3 N–H and O–H groups in total. The predicted molar refractivity (Wildman–Crippen MR) is 120 cm³/mol. The Kier molecular flexibility index (Phi) is 7.07. The molecule has 0 radical (unpaired) electrons. The number of benzene rings is 1. The summed E-state index contributed by atoms with van der Waals surface area (Å²) in [6.07, 6.45) is -4.47. The first kappa shape index (κ1) is 24.9. The van der Waals surface area contributed by atoms with E-state index in [1.54, 1.807) is 14.1 Å². The van der Waals surface area contributed by atoms with Gasteiger partial charge in [0.25, 0.3) is 11.8 Å². The highest BCUT2D eigenvalue weighted by molar-refractivity contribution is 7.15. The van der Waals surface area contributed by atoms with Crippen molar-refractivity contribution in [1.82, 2.24) is 25.6 Å². The molecule has 0 aliphatic rings. The maximum atomic E-state index is 12.8. The van der Waals surface area contributed by atoms with Gasteiger partial charge in [0.15, 0.2) is 11.4 Å². The Balaban J connectivity index is 1.77. The number of rotatable bonds is 6. The molecule has 180 valence electrons. The third-order valence-electron chi connectivity index (χ3n) is 4.55. The average molecular weight is 494 g/mol. The smallest absolute Gasteiger partial charge is 0.416 e. The van der Waals surface area contributed by atoms with Crippen molar-refractivity contribution in [3.05, 3.63) is 57.4 Å². The number of nitrogens with one attached hydrogen (secondary N) is 2. The molecule has 0 saturated carbocycles. The van der Waals surface area contributed by atoms with E-state index >= 15 is 0 Å². The van der Waals surface area contributed by atoms with E-state index in [-0.39, 0.29) is 33.6 Å². The van der Waals surface area contributed by atoms with E-state index in [4.69, 9.17) is 0 Å². The van der Waals surface area contributed by atoms with Crippen LogP contribution < -0.4 is 10.9 Å². The molecule has 1 aromatic carbocycles. The minimum absolute atomic E-state index is 0.0509. The molecule has 3 aromatic rings. The quantitative estimate of drug-likeness (QED) is 0.360. The maximum absolute atomic E-state index is 12.8. The summed E-state index contributed by atoms with van der Waals surface area (Å²) >= 11 is 0.979. The number of hydrazone groups is 1. The zero-order valence-electron chi connectivity index (χ0n) is 18.6. The van der Waals surface area contributed by atoms with E-state index in [2.05, 4.69) is 21.1 Å². The molecule has 2 heterocycles. The molecule has 0 aliphatic carbocycles. The van der Waals surface area contributed by atoms with Crippen LogP contribution in [0.2, 0.25) is 0 Å². The molecule has 0 aliphatic heterocycles. The van der Waals surface area contributed by atoms with Gasteiger partial charge < -0.3 is 5.11 Å². The lowest BCUT2D eigenvalue weighted by Crippen LogP contribution is -2.35. The highest BCUT2D eigenvalue weighted by Gasteiger charge is 2.30. The van der Waals surface area contributed by atoms with Crippen molar-refractivity contribution in [1.29, 1.82) is 0 Å². The molecule has 0 fully saturated rings. The molecule has 0 unspecified atom stereocenters. The second-order valence-electron chi connectivity index (χ2n) is 7.38. The van der Waals surface area contributed by atoms with Crippen molar-refractivity contribution in [3.8, 4) is 17.0 Å². The van der Waals surface area contributed by atoms with Crippen molar-refractivity contribution >= 4 is 28.9 Å². The Morgan fingerprint density at radius 1 is 1.09 bits per heavy atom. The van der Waals surface area contributed by atoms with Crippen molar-refractivity contribution in [2.75, 3.05) is 14.1 Å². The Labute approximate surface area is 196 Å². The van der Waals surface area contributed by atoms with Crippen LogP contribution in [0.25, 0.3) is 11.3 Å². The minimum atomic E-state index is -4.47. The molecule has 9 nitrogen and oxygen atoms in total. The molecule has 3 rings (SSSR count). The van der Waals surface area contributed by atoms with Gasteiger partial charge in [-0.25, -0.2) is 10.4 Å². The van der Waals surface area contributed by atoms with Gasteiger partial charge in [-0.1, -0.05) is 12.1 Å². The molecule has 2 aromatic heterocycles. The van der Waals surface area contributed by atoms with Crippen LogP contribution in [-0.4, -0.2) is 51.5 Å². The largest absolute Gasteiger partial charge is 0.504 e. The van der Waals surface area contributed by atoms with Gasteiger partial charge in [-0.05, 0) is 31.2 Å². The molecule has 0 atom stereocenters. The summed E-state index contributed by atoms with van der Waals surface area (Å²) in [5.74, 6) is -1.22. The zero-order chi connectivity index (χ0) is 25.2. The number of amides is 2. The fraction of sp³-hybridized carbons (Fsp3) is 0.238. The normalized spacial score (nSPS) is 12.2. The first-order valence-electron chi connectivity index (χ1n) is 9.75. The standard InChI is InChI=1S/C21H21F3N6O3S/c1-11(25-26-19(32)14-9-10-15(34-14)20(33)28-29(2)3)16-18(31)17(30(4)27-16)12-5-7-13(8-6-12)21(22,23)24/h5-10,31H,1-4H3,(H,26,32)(H,28,33)/b25-11+. The SMILES string of the molecule is C/C(=N\NC(=O)c1ccc(C(=O)NN(C)C)s1)c1nn(C)c(-c2ccc(C(F)(F)F)cc2)c1O. The predicted octanol–water partition coefficient (Wildman–Crippen LogP) is 3.23. The number of hydrogen-bond acceptors (Lipinski definition) is 7. The Bertz CT molecular complexity index is 1250. The van der Waals surface area contributed by atoms with Gasteiger partial charge in [0, 0.05) is 26.7 Å². The fourth-order valence-corrected chi connectivity index (χ4v) is 3.77. The van der Waals surface area contributed by atoms with Crippen molar-refractivity contribution in [3.63, 3.8) is 0 Å². The van der Waals surface area contributed by atoms with Crippen LogP contribution in [0.5, 0.6) is 5.75 Å². The number of aryl methyl sites for hydroxylation is 1. The average Bonchev–Trinajstić information content (AvgIpc) is 3.36. The topological polar surface area (TPSA) is 112 Å².